The summed E-state index contributed by atoms with van der Waals surface area (Å²) in [5.41, 5.74) is 1.54. The summed E-state index contributed by atoms with van der Waals surface area (Å²) in [5.74, 6) is 3.19. The Bertz CT molecular complexity index is 1280. The monoisotopic (exact) mass is 484 g/mol. The van der Waals surface area contributed by atoms with E-state index in [0.29, 0.717) is 29.7 Å². The molecule has 8 nitrogen and oxygen atoms in total. The molecule has 0 aliphatic carbocycles. The summed E-state index contributed by atoms with van der Waals surface area (Å²) >= 11 is 0. The summed E-state index contributed by atoms with van der Waals surface area (Å²) in [7, 11) is 1.63. The molecule has 0 saturated carbocycles. The Morgan fingerprint density at radius 3 is 2.44 bits per heavy atom. The highest BCUT2D eigenvalue weighted by Gasteiger charge is 2.26. The number of amides is 1. The lowest BCUT2D eigenvalue weighted by molar-refractivity contribution is -0.121. The number of benzene rings is 3. The van der Waals surface area contributed by atoms with E-state index in [-0.39, 0.29) is 11.8 Å². The predicted octanol–water partition coefficient (Wildman–Crippen LogP) is 5.39. The highest BCUT2D eigenvalue weighted by molar-refractivity contribution is 5.94. The van der Waals surface area contributed by atoms with Crippen molar-refractivity contribution in [3.63, 3.8) is 0 Å². The zero-order chi connectivity index (χ0) is 24.7. The summed E-state index contributed by atoms with van der Waals surface area (Å²) in [6.07, 6.45) is 1.51. The van der Waals surface area contributed by atoms with E-state index in [1.807, 2.05) is 78.9 Å². The van der Waals surface area contributed by atoms with Crippen molar-refractivity contribution >= 4 is 11.6 Å². The molecule has 1 N–H and O–H groups in total. The lowest BCUT2D eigenvalue weighted by Crippen LogP contribution is -2.37. The minimum absolute atomic E-state index is 0.0124. The third kappa shape index (κ3) is 5.72. The van der Waals surface area contributed by atoms with Crippen LogP contribution in [-0.2, 0) is 11.3 Å². The third-order valence-electron chi connectivity index (χ3n) is 6.25. The van der Waals surface area contributed by atoms with Gasteiger partial charge in [-0.2, -0.15) is 4.98 Å². The Morgan fingerprint density at radius 2 is 1.69 bits per heavy atom. The van der Waals surface area contributed by atoms with Crippen molar-refractivity contribution in [2.45, 2.75) is 19.4 Å². The molecule has 3 aromatic carbocycles. The average Bonchev–Trinajstić information content (AvgIpc) is 3.39. The van der Waals surface area contributed by atoms with Crippen LogP contribution >= 0.6 is 0 Å². The van der Waals surface area contributed by atoms with E-state index in [9.17, 15) is 4.79 Å². The van der Waals surface area contributed by atoms with Gasteiger partial charge in [-0.15, -0.1) is 0 Å². The first kappa shape index (κ1) is 23.6. The van der Waals surface area contributed by atoms with Gasteiger partial charge >= 0.3 is 0 Å². The van der Waals surface area contributed by atoms with E-state index >= 15 is 0 Å². The topological polar surface area (TPSA) is 89.7 Å². The number of hydrogen-bond donors (Lipinski definition) is 1. The summed E-state index contributed by atoms with van der Waals surface area (Å²) < 4.78 is 16.6. The van der Waals surface area contributed by atoms with Gasteiger partial charge in [0, 0.05) is 11.5 Å². The second kappa shape index (κ2) is 11.0. The van der Waals surface area contributed by atoms with E-state index < -0.39 is 0 Å². The average molecular weight is 485 g/mol. The molecule has 184 valence electrons. The SMILES string of the molecule is COc1ccc(-c2noc(CN3CCC(C(=O)Nc4ccccc4Oc4ccccc4)CC3)n2)cc1. The molecule has 0 unspecified atom stereocenters. The number of carbonyl (C=O) groups excluding carboxylic acids is 1. The maximum Gasteiger partial charge on any atom is 0.241 e. The normalized spacial score (nSPS) is 14.4. The fourth-order valence-corrected chi connectivity index (χ4v) is 4.23. The number of hydrogen-bond acceptors (Lipinski definition) is 7. The number of carbonyl (C=O) groups is 1. The largest absolute Gasteiger partial charge is 0.497 e. The number of aromatic nitrogens is 2. The minimum atomic E-state index is -0.0661. The third-order valence-corrected chi connectivity index (χ3v) is 6.25. The van der Waals surface area contributed by atoms with Crippen LogP contribution < -0.4 is 14.8 Å². The van der Waals surface area contributed by atoms with Crippen LogP contribution in [0.5, 0.6) is 17.2 Å². The maximum atomic E-state index is 13.0. The van der Waals surface area contributed by atoms with Crippen LogP contribution in [0.3, 0.4) is 0 Å². The van der Waals surface area contributed by atoms with Crippen LogP contribution in [0, 0.1) is 5.92 Å². The van der Waals surface area contributed by atoms with Gasteiger partial charge in [0.2, 0.25) is 17.6 Å². The molecule has 1 aromatic heterocycles. The van der Waals surface area contributed by atoms with Crippen LogP contribution in [0.15, 0.2) is 83.4 Å². The zero-order valence-electron chi connectivity index (χ0n) is 20.1. The molecule has 36 heavy (non-hydrogen) atoms. The van der Waals surface area contributed by atoms with Crippen LogP contribution in [0.4, 0.5) is 5.69 Å². The van der Waals surface area contributed by atoms with Crippen molar-refractivity contribution in [3.05, 3.63) is 84.8 Å². The fraction of sp³-hybridized carbons (Fsp3) is 0.250. The van der Waals surface area contributed by atoms with Crippen LogP contribution in [0.25, 0.3) is 11.4 Å². The van der Waals surface area contributed by atoms with Crippen LogP contribution in [0.1, 0.15) is 18.7 Å². The van der Waals surface area contributed by atoms with Gasteiger partial charge in [0.05, 0.1) is 19.3 Å². The first-order chi connectivity index (χ1) is 17.7. The molecule has 0 spiro atoms. The number of ether oxygens (including phenoxy) is 2. The van der Waals surface area contributed by atoms with Gasteiger partial charge in [0.1, 0.15) is 11.5 Å². The molecule has 0 atom stereocenters. The van der Waals surface area contributed by atoms with Gasteiger partial charge < -0.3 is 19.3 Å². The molecular formula is C28H28N4O4. The maximum absolute atomic E-state index is 13.0. The number of nitrogens with zero attached hydrogens (tertiary/aromatic N) is 3. The van der Waals surface area contributed by atoms with Gasteiger partial charge in [-0.1, -0.05) is 35.5 Å². The molecule has 1 fully saturated rings. The Hall–Kier alpha value is -4.17. The molecule has 2 heterocycles. The lowest BCUT2D eigenvalue weighted by atomic mass is 9.96. The van der Waals surface area contributed by atoms with E-state index in [1.54, 1.807) is 7.11 Å². The lowest BCUT2D eigenvalue weighted by Gasteiger charge is -2.30. The number of anilines is 1. The van der Waals surface area contributed by atoms with Crippen LogP contribution in [0.2, 0.25) is 0 Å². The first-order valence-corrected chi connectivity index (χ1v) is 12.0. The van der Waals surface area contributed by atoms with Crippen molar-refractivity contribution < 1.29 is 18.8 Å². The van der Waals surface area contributed by atoms with Crippen molar-refractivity contribution in [2.75, 3.05) is 25.5 Å². The molecule has 1 saturated heterocycles. The molecule has 1 amide bonds. The van der Waals surface area contributed by atoms with Gasteiger partial charge in [-0.05, 0) is 74.5 Å². The summed E-state index contributed by atoms with van der Waals surface area (Å²) in [4.78, 5) is 19.8. The number of likely N-dealkylation sites (tertiary alicyclic amines) is 1. The summed E-state index contributed by atoms with van der Waals surface area (Å²) in [6, 6.07) is 24.6. The van der Waals surface area contributed by atoms with E-state index in [2.05, 4.69) is 20.4 Å². The van der Waals surface area contributed by atoms with E-state index in [0.717, 1.165) is 43.0 Å². The molecule has 5 rings (SSSR count). The molecule has 0 bridgehead atoms. The van der Waals surface area contributed by atoms with Crippen LogP contribution in [-0.4, -0.2) is 41.1 Å². The molecule has 1 aliphatic heterocycles. The fourth-order valence-electron chi connectivity index (χ4n) is 4.23. The highest BCUT2D eigenvalue weighted by Crippen LogP contribution is 2.30. The van der Waals surface area contributed by atoms with Gasteiger partial charge in [0.25, 0.3) is 0 Å². The standard InChI is InChI=1S/C28H28N4O4/c1-34-22-13-11-20(12-14-22)27-30-26(36-31-27)19-32-17-15-21(16-18-32)28(33)29-24-9-5-6-10-25(24)35-23-7-3-2-4-8-23/h2-14,21H,15-19H2,1H3,(H,29,33). The van der Waals surface area contributed by atoms with Crippen molar-refractivity contribution in [2.24, 2.45) is 5.92 Å². The van der Waals surface area contributed by atoms with Gasteiger partial charge in [-0.3, -0.25) is 9.69 Å². The molecule has 0 radical (unpaired) electrons. The van der Waals surface area contributed by atoms with Gasteiger partial charge in [0.15, 0.2) is 5.75 Å². The second-order valence-electron chi connectivity index (χ2n) is 8.69. The summed E-state index contributed by atoms with van der Waals surface area (Å²) in [5, 5.41) is 7.17. The number of rotatable bonds is 8. The summed E-state index contributed by atoms with van der Waals surface area (Å²) in [6.45, 7) is 2.12. The Balaban J connectivity index is 1.14. The molecular weight excluding hydrogens is 456 g/mol. The first-order valence-electron chi connectivity index (χ1n) is 12.0. The van der Waals surface area contributed by atoms with Crippen molar-refractivity contribution in [1.29, 1.82) is 0 Å². The Kier molecular flexibility index (Phi) is 7.23. The number of para-hydroxylation sites is 3. The second-order valence-corrected chi connectivity index (χ2v) is 8.69. The molecule has 8 heteroatoms. The van der Waals surface area contributed by atoms with Crippen molar-refractivity contribution in [1.82, 2.24) is 15.0 Å². The minimum Gasteiger partial charge on any atom is -0.497 e. The highest BCUT2D eigenvalue weighted by atomic mass is 16.5. The van der Waals surface area contributed by atoms with E-state index in [1.165, 1.54) is 0 Å². The smallest absolute Gasteiger partial charge is 0.241 e. The van der Waals surface area contributed by atoms with E-state index in [4.69, 9.17) is 14.0 Å². The number of nitrogens with one attached hydrogen (secondary N) is 1. The Labute approximate surface area is 209 Å². The zero-order valence-corrected chi connectivity index (χ0v) is 20.1. The molecule has 4 aromatic rings. The Morgan fingerprint density at radius 1 is 0.972 bits per heavy atom. The number of methoxy groups -OCH3 is 1. The number of piperidine rings is 1. The molecule has 1 aliphatic rings. The quantitative estimate of drug-likeness (QED) is 0.359. The van der Waals surface area contributed by atoms with Gasteiger partial charge in [-0.25, -0.2) is 0 Å². The van der Waals surface area contributed by atoms with Crippen molar-refractivity contribution in [3.8, 4) is 28.6 Å². The predicted molar refractivity (Wildman–Crippen MR) is 136 cm³/mol.